The number of benzene rings is 2. The molecular formula is C18H13NO. The zero-order valence-corrected chi connectivity index (χ0v) is 10.9. The molecule has 2 aromatic carbocycles. The van der Waals surface area contributed by atoms with Crippen LogP contribution in [0.1, 0.15) is 22.5 Å². The zero-order valence-electron chi connectivity index (χ0n) is 10.9. The van der Waals surface area contributed by atoms with Crippen molar-refractivity contribution in [3.63, 3.8) is 0 Å². The molecule has 0 fully saturated rings. The summed E-state index contributed by atoms with van der Waals surface area (Å²) in [4.78, 5) is 12.4. The molecule has 4 rings (SSSR count). The van der Waals surface area contributed by atoms with E-state index in [1.165, 1.54) is 0 Å². The topological polar surface area (TPSA) is 22.0 Å². The van der Waals surface area contributed by atoms with Gasteiger partial charge in [-0.3, -0.25) is 4.79 Å². The second kappa shape index (κ2) is 4.20. The van der Waals surface area contributed by atoms with Gasteiger partial charge in [0.25, 0.3) is 0 Å². The summed E-state index contributed by atoms with van der Waals surface area (Å²) in [6, 6.07) is 18.3. The highest BCUT2D eigenvalue weighted by Crippen LogP contribution is 2.33. The molecule has 2 nitrogen and oxygen atoms in total. The smallest absolute Gasteiger partial charge is 0.183 e. The summed E-state index contributed by atoms with van der Waals surface area (Å²) in [7, 11) is 0. The normalized spacial score (nSPS) is 13.7. The van der Waals surface area contributed by atoms with Crippen molar-refractivity contribution in [3.05, 3.63) is 71.9 Å². The van der Waals surface area contributed by atoms with Crippen LogP contribution in [-0.2, 0) is 0 Å². The first-order chi connectivity index (χ1) is 9.86. The highest BCUT2D eigenvalue weighted by Gasteiger charge is 2.23. The summed E-state index contributed by atoms with van der Waals surface area (Å²) in [5.74, 6) is 0.183. The molecule has 0 N–H and O–H groups in total. The quantitative estimate of drug-likeness (QED) is 0.641. The van der Waals surface area contributed by atoms with Crippen LogP contribution < -0.4 is 0 Å². The van der Waals surface area contributed by atoms with Crippen molar-refractivity contribution in [2.75, 3.05) is 0 Å². The Kier molecular flexibility index (Phi) is 2.36. The molecule has 0 bridgehead atoms. The van der Waals surface area contributed by atoms with E-state index in [1.54, 1.807) is 0 Å². The lowest BCUT2D eigenvalue weighted by Crippen LogP contribution is -2.10. The van der Waals surface area contributed by atoms with E-state index in [0.29, 0.717) is 6.42 Å². The number of ketones is 1. The van der Waals surface area contributed by atoms with Crippen LogP contribution >= 0.6 is 0 Å². The van der Waals surface area contributed by atoms with Crippen molar-refractivity contribution < 1.29 is 4.79 Å². The maximum absolute atomic E-state index is 12.4. The predicted octanol–water partition coefficient (Wildman–Crippen LogP) is 4.23. The molecule has 0 spiro atoms. The summed E-state index contributed by atoms with van der Waals surface area (Å²) in [6.07, 6.45) is 4.50. The molecule has 1 aliphatic rings. The van der Waals surface area contributed by atoms with E-state index >= 15 is 0 Å². The first-order valence-corrected chi connectivity index (χ1v) is 6.75. The van der Waals surface area contributed by atoms with Crippen molar-refractivity contribution in [2.45, 2.75) is 6.42 Å². The Balaban J connectivity index is 2.18. The molecule has 2 heteroatoms. The van der Waals surface area contributed by atoms with E-state index in [9.17, 15) is 4.79 Å². The van der Waals surface area contributed by atoms with Crippen molar-refractivity contribution in [3.8, 4) is 5.69 Å². The van der Waals surface area contributed by atoms with Crippen molar-refractivity contribution in [1.82, 2.24) is 4.57 Å². The SMILES string of the molecule is O=C1CC=Cc2c1n(-c1ccccc1)c1ccccc21. The van der Waals surface area contributed by atoms with Gasteiger partial charge in [-0.25, -0.2) is 0 Å². The first kappa shape index (κ1) is 11.2. The van der Waals surface area contributed by atoms with E-state index in [4.69, 9.17) is 0 Å². The van der Waals surface area contributed by atoms with Gasteiger partial charge in [0.1, 0.15) is 0 Å². The molecule has 0 amide bonds. The maximum atomic E-state index is 12.4. The Hall–Kier alpha value is -2.61. The lowest BCUT2D eigenvalue weighted by Gasteiger charge is -2.12. The third kappa shape index (κ3) is 1.48. The average Bonchev–Trinajstić information content (AvgIpc) is 2.84. The van der Waals surface area contributed by atoms with Crippen LogP contribution in [0.5, 0.6) is 0 Å². The number of hydrogen-bond donors (Lipinski definition) is 0. The number of para-hydroxylation sites is 2. The molecule has 20 heavy (non-hydrogen) atoms. The predicted molar refractivity (Wildman–Crippen MR) is 81.3 cm³/mol. The Labute approximate surface area is 117 Å². The minimum absolute atomic E-state index is 0.183. The summed E-state index contributed by atoms with van der Waals surface area (Å²) < 4.78 is 2.08. The first-order valence-electron chi connectivity index (χ1n) is 6.75. The van der Waals surface area contributed by atoms with Gasteiger partial charge in [-0.2, -0.15) is 0 Å². The minimum atomic E-state index is 0.183. The fourth-order valence-corrected chi connectivity index (χ4v) is 2.93. The zero-order chi connectivity index (χ0) is 13.5. The van der Waals surface area contributed by atoms with Crippen molar-refractivity contribution >= 4 is 22.8 Å². The van der Waals surface area contributed by atoms with Gasteiger partial charge >= 0.3 is 0 Å². The average molecular weight is 259 g/mol. The number of fused-ring (bicyclic) bond motifs is 3. The standard InChI is InChI=1S/C18H13NO/c20-17-12-6-10-15-14-9-4-5-11-16(14)19(18(15)17)13-7-2-1-3-8-13/h1-11H,12H2. The molecule has 0 aliphatic heterocycles. The lowest BCUT2D eigenvalue weighted by atomic mass is 10.0. The van der Waals surface area contributed by atoms with Crippen LogP contribution in [-0.4, -0.2) is 10.4 Å². The van der Waals surface area contributed by atoms with Crippen LogP contribution in [0, 0.1) is 0 Å². The van der Waals surface area contributed by atoms with Crippen LogP contribution in [0.2, 0.25) is 0 Å². The number of allylic oxidation sites excluding steroid dienone is 1. The molecule has 1 aliphatic carbocycles. The second-order valence-electron chi connectivity index (χ2n) is 4.98. The summed E-state index contributed by atoms with van der Waals surface area (Å²) in [5.41, 5.74) is 3.97. The number of hydrogen-bond acceptors (Lipinski definition) is 1. The van der Waals surface area contributed by atoms with E-state index < -0.39 is 0 Å². The van der Waals surface area contributed by atoms with E-state index in [0.717, 1.165) is 27.8 Å². The van der Waals surface area contributed by atoms with Gasteiger partial charge in [-0.05, 0) is 18.2 Å². The number of Topliss-reactive ketones (excluding diaryl/α,β-unsaturated/α-hetero) is 1. The third-order valence-electron chi connectivity index (χ3n) is 3.78. The Morgan fingerprint density at radius 1 is 0.900 bits per heavy atom. The molecule has 1 heterocycles. The number of carbonyl (C=O) groups is 1. The summed E-state index contributed by atoms with van der Waals surface area (Å²) in [6.45, 7) is 0. The van der Waals surface area contributed by atoms with Gasteiger partial charge in [-0.15, -0.1) is 0 Å². The Morgan fingerprint density at radius 2 is 1.65 bits per heavy atom. The Bertz CT molecular complexity index is 840. The molecule has 0 radical (unpaired) electrons. The molecule has 0 atom stereocenters. The van der Waals surface area contributed by atoms with Crippen LogP contribution in [0.25, 0.3) is 22.7 Å². The van der Waals surface area contributed by atoms with E-state index in [2.05, 4.69) is 22.8 Å². The fourth-order valence-electron chi connectivity index (χ4n) is 2.93. The summed E-state index contributed by atoms with van der Waals surface area (Å²) in [5, 5.41) is 1.13. The largest absolute Gasteiger partial charge is 0.306 e. The number of aromatic nitrogens is 1. The van der Waals surface area contributed by atoms with Gasteiger partial charge < -0.3 is 4.57 Å². The van der Waals surface area contributed by atoms with Gasteiger partial charge in [0.15, 0.2) is 5.78 Å². The van der Waals surface area contributed by atoms with E-state index in [-0.39, 0.29) is 5.78 Å². The molecule has 0 saturated carbocycles. The van der Waals surface area contributed by atoms with Gasteiger partial charge in [0.05, 0.1) is 11.2 Å². The number of nitrogens with zero attached hydrogens (tertiary/aromatic N) is 1. The molecule has 3 aromatic rings. The van der Waals surface area contributed by atoms with Gasteiger partial charge in [-0.1, -0.05) is 48.6 Å². The summed E-state index contributed by atoms with van der Waals surface area (Å²) >= 11 is 0. The number of rotatable bonds is 1. The second-order valence-corrected chi connectivity index (χ2v) is 4.98. The van der Waals surface area contributed by atoms with Crippen LogP contribution in [0.15, 0.2) is 60.7 Å². The molecule has 1 aromatic heterocycles. The van der Waals surface area contributed by atoms with Gasteiger partial charge in [0, 0.05) is 23.1 Å². The van der Waals surface area contributed by atoms with E-state index in [1.807, 2.05) is 48.5 Å². The van der Waals surface area contributed by atoms with Crippen LogP contribution in [0.3, 0.4) is 0 Å². The Morgan fingerprint density at radius 3 is 2.50 bits per heavy atom. The molecule has 0 saturated heterocycles. The minimum Gasteiger partial charge on any atom is -0.306 e. The molecular weight excluding hydrogens is 246 g/mol. The van der Waals surface area contributed by atoms with Crippen molar-refractivity contribution in [2.24, 2.45) is 0 Å². The third-order valence-corrected chi connectivity index (χ3v) is 3.78. The fraction of sp³-hybridized carbons (Fsp3) is 0.0556. The van der Waals surface area contributed by atoms with Gasteiger partial charge in [0.2, 0.25) is 0 Å². The lowest BCUT2D eigenvalue weighted by molar-refractivity contribution is 0.0988. The van der Waals surface area contributed by atoms with Crippen molar-refractivity contribution in [1.29, 1.82) is 0 Å². The monoisotopic (exact) mass is 259 g/mol. The number of carbonyl (C=O) groups excluding carboxylic acids is 1. The van der Waals surface area contributed by atoms with Crippen LogP contribution in [0.4, 0.5) is 0 Å². The maximum Gasteiger partial charge on any atom is 0.183 e. The highest BCUT2D eigenvalue weighted by molar-refractivity contribution is 6.09. The highest BCUT2D eigenvalue weighted by atomic mass is 16.1. The molecule has 0 unspecified atom stereocenters. The molecule has 96 valence electrons.